The Morgan fingerprint density at radius 2 is 2.00 bits per heavy atom. The van der Waals surface area contributed by atoms with Gasteiger partial charge in [0.2, 0.25) is 5.13 Å². The lowest BCUT2D eigenvalue weighted by Gasteiger charge is -2.14. The highest BCUT2D eigenvalue weighted by molar-refractivity contribution is 9.10. The second-order valence-corrected chi connectivity index (χ2v) is 7.70. The molecule has 0 atom stereocenters. The molecule has 0 aliphatic carbocycles. The van der Waals surface area contributed by atoms with Crippen molar-refractivity contribution in [3.8, 4) is 5.75 Å². The number of hydrogen-bond acceptors (Lipinski definition) is 5. The average molecular weight is 398 g/mol. The summed E-state index contributed by atoms with van der Waals surface area (Å²) in [6.45, 7) is 8.19. The van der Waals surface area contributed by atoms with Crippen LogP contribution in [0.5, 0.6) is 5.75 Å². The topological polar surface area (TPSA) is 64.1 Å². The number of anilines is 1. The van der Waals surface area contributed by atoms with Crippen molar-refractivity contribution >= 4 is 38.3 Å². The standard InChI is InChI=1S/C16H20BrN3O2S/c1-9(2)12-7-11(17)5-6-13(12)22-8-14(21)18-16-20-19-15(23-16)10(3)4/h5-7,9-10H,8H2,1-4H3,(H,18,20,21). The van der Waals surface area contributed by atoms with Crippen LogP contribution in [0.25, 0.3) is 0 Å². The van der Waals surface area contributed by atoms with Gasteiger partial charge in [0.05, 0.1) is 0 Å². The Morgan fingerprint density at radius 3 is 2.61 bits per heavy atom. The van der Waals surface area contributed by atoms with Crippen molar-refractivity contribution in [2.75, 3.05) is 11.9 Å². The van der Waals surface area contributed by atoms with E-state index in [0.717, 1.165) is 20.8 Å². The van der Waals surface area contributed by atoms with Crippen molar-refractivity contribution < 1.29 is 9.53 Å². The number of nitrogens with zero attached hydrogens (tertiary/aromatic N) is 2. The van der Waals surface area contributed by atoms with E-state index in [2.05, 4.69) is 45.3 Å². The molecule has 0 bridgehead atoms. The van der Waals surface area contributed by atoms with Crippen LogP contribution >= 0.6 is 27.3 Å². The molecule has 23 heavy (non-hydrogen) atoms. The van der Waals surface area contributed by atoms with Gasteiger partial charge < -0.3 is 4.74 Å². The fourth-order valence-electron chi connectivity index (χ4n) is 1.92. The third-order valence-corrected chi connectivity index (χ3v) is 4.77. The molecule has 1 amide bonds. The van der Waals surface area contributed by atoms with E-state index in [1.807, 2.05) is 32.0 Å². The van der Waals surface area contributed by atoms with Crippen LogP contribution in [0.2, 0.25) is 0 Å². The number of rotatable bonds is 6. The highest BCUT2D eigenvalue weighted by atomic mass is 79.9. The van der Waals surface area contributed by atoms with E-state index in [4.69, 9.17) is 4.74 Å². The molecule has 0 saturated carbocycles. The lowest BCUT2D eigenvalue weighted by molar-refractivity contribution is -0.118. The van der Waals surface area contributed by atoms with Gasteiger partial charge in [0, 0.05) is 10.4 Å². The lowest BCUT2D eigenvalue weighted by atomic mass is 10.0. The van der Waals surface area contributed by atoms with Crippen molar-refractivity contribution in [2.45, 2.75) is 39.5 Å². The van der Waals surface area contributed by atoms with Gasteiger partial charge in [0.15, 0.2) is 6.61 Å². The molecular formula is C16H20BrN3O2S. The second-order valence-electron chi connectivity index (χ2n) is 5.77. The highest BCUT2D eigenvalue weighted by Gasteiger charge is 2.13. The normalized spacial score (nSPS) is 11.1. The van der Waals surface area contributed by atoms with Crippen LogP contribution in [0.4, 0.5) is 5.13 Å². The largest absolute Gasteiger partial charge is 0.483 e. The quantitative estimate of drug-likeness (QED) is 0.775. The number of halogens is 1. The Kier molecular flexibility index (Phi) is 6.12. The third kappa shape index (κ3) is 5.00. The van der Waals surface area contributed by atoms with Gasteiger partial charge in [-0.2, -0.15) is 0 Å². The molecule has 0 aliphatic heterocycles. The number of amides is 1. The minimum atomic E-state index is -0.242. The Morgan fingerprint density at radius 1 is 1.26 bits per heavy atom. The Labute approximate surface area is 148 Å². The molecule has 0 spiro atoms. The van der Waals surface area contributed by atoms with E-state index in [1.54, 1.807) is 0 Å². The van der Waals surface area contributed by atoms with E-state index in [1.165, 1.54) is 11.3 Å². The number of benzene rings is 1. The summed E-state index contributed by atoms with van der Waals surface area (Å²) in [5.74, 6) is 1.08. The van der Waals surface area contributed by atoms with Gasteiger partial charge in [-0.25, -0.2) is 0 Å². The summed E-state index contributed by atoms with van der Waals surface area (Å²) < 4.78 is 6.66. The zero-order valence-corrected chi connectivity index (χ0v) is 16.0. The smallest absolute Gasteiger partial charge is 0.264 e. The highest BCUT2D eigenvalue weighted by Crippen LogP contribution is 2.29. The van der Waals surface area contributed by atoms with E-state index >= 15 is 0 Å². The Hall–Kier alpha value is -1.47. The second kappa shape index (κ2) is 7.88. The summed E-state index contributed by atoms with van der Waals surface area (Å²) in [6, 6.07) is 5.78. The zero-order chi connectivity index (χ0) is 17.0. The number of aromatic nitrogens is 2. The first-order chi connectivity index (χ1) is 10.9. The van der Waals surface area contributed by atoms with Crippen LogP contribution in [0.15, 0.2) is 22.7 Å². The molecule has 0 radical (unpaired) electrons. The summed E-state index contributed by atoms with van der Waals surface area (Å²) in [7, 11) is 0. The Bertz CT molecular complexity index is 686. The maximum Gasteiger partial charge on any atom is 0.264 e. The molecule has 2 aromatic rings. The van der Waals surface area contributed by atoms with Crippen LogP contribution in [0.3, 0.4) is 0 Å². The van der Waals surface area contributed by atoms with Gasteiger partial charge in [-0.1, -0.05) is 55.0 Å². The summed E-state index contributed by atoms with van der Waals surface area (Å²) in [5, 5.41) is 12.1. The third-order valence-electron chi connectivity index (χ3n) is 3.13. The fraction of sp³-hybridized carbons (Fsp3) is 0.438. The van der Waals surface area contributed by atoms with Crippen LogP contribution in [0.1, 0.15) is 50.1 Å². The SMILES string of the molecule is CC(C)c1nnc(NC(=O)COc2ccc(Br)cc2C(C)C)s1. The van der Waals surface area contributed by atoms with Crippen LogP contribution < -0.4 is 10.1 Å². The first-order valence-corrected chi connectivity index (χ1v) is 9.03. The summed E-state index contributed by atoms with van der Waals surface area (Å²) in [6.07, 6.45) is 0. The maximum atomic E-state index is 12.0. The summed E-state index contributed by atoms with van der Waals surface area (Å²) in [4.78, 5) is 12.0. The number of carbonyl (C=O) groups is 1. The van der Waals surface area contributed by atoms with Gasteiger partial charge in [0.1, 0.15) is 10.8 Å². The molecule has 1 N–H and O–H groups in total. The van der Waals surface area contributed by atoms with Gasteiger partial charge in [0.25, 0.3) is 5.91 Å². The molecule has 0 saturated heterocycles. The molecular weight excluding hydrogens is 378 g/mol. The van der Waals surface area contributed by atoms with E-state index in [-0.39, 0.29) is 12.5 Å². The molecule has 0 fully saturated rings. The number of hydrogen-bond donors (Lipinski definition) is 1. The predicted molar refractivity (Wildman–Crippen MR) is 96.4 cm³/mol. The number of nitrogens with one attached hydrogen (secondary N) is 1. The minimum Gasteiger partial charge on any atom is -0.483 e. The lowest BCUT2D eigenvalue weighted by Crippen LogP contribution is -2.20. The van der Waals surface area contributed by atoms with Crippen LogP contribution in [0, 0.1) is 0 Å². The van der Waals surface area contributed by atoms with E-state index in [9.17, 15) is 4.79 Å². The monoisotopic (exact) mass is 397 g/mol. The predicted octanol–water partition coefficient (Wildman–Crippen LogP) is 4.56. The first kappa shape index (κ1) is 17.9. The number of carbonyl (C=O) groups excluding carboxylic acids is 1. The van der Waals surface area contributed by atoms with E-state index in [0.29, 0.717) is 17.0 Å². The van der Waals surface area contributed by atoms with Gasteiger partial charge >= 0.3 is 0 Å². The molecule has 0 aliphatic rings. The molecule has 1 aromatic carbocycles. The van der Waals surface area contributed by atoms with E-state index < -0.39 is 0 Å². The molecule has 0 unspecified atom stereocenters. The van der Waals surface area contributed by atoms with Crippen molar-refractivity contribution in [3.63, 3.8) is 0 Å². The maximum absolute atomic E-state index is 12.0. The number of ether oxygens (including phenoxy) is 1. The molecule has 5 nitrogen and oxygen atoms in total. The minimum absolute atomic E-state index is 0.0576. The van der Waals surface area contributed by atoms with Gasteiger partial charge in [-0.15, -0.1) is 10.2 Å². The van der Waals surface area contributed by atoms with Crippen molar-refractivity contribution in [1.82, 2.24) is 10.2 Å². The van der Waals surface area contributed by atoms with Crippen LogP contribution in [-0.4, -0.2) is 22.7 Å². The summed E-state index contributed by atoms with van der Waals surface area (Å²) >= 11 is 4.84. The molecule has 1 aromatic heterocycles. The van der Waals surface area contributed by atoms with Crippen LogP contribution in [-0.2, 0) is 4.79 Å². The molecule has 1 heterocycles. The van der Waals surface area contributed by atoms with Crippen molar-refractivity contribution in [1.29, 1.82) is 0 Å². The fourth-order valence-corrected chi connectivity index (χ4v) is 3.06. The van der Waals surface area contributed by atoms with Crippen molar-refractivity contribution in [2.24, 2.45) is 0 Å². The van der Waals surface area contributed by atoms with Gasteiger partial charge in [-0.3, -0.25) is 10.1 Å². The van der Waals surface area contributed by atoms with Crippen molar-refractivity contribution in [3.05, 3.63) is 33.2 Å². The molecule has 7 heteroatoms. The Balaban J connectivity index is 1.96. The first-order valence-electron chi connectivity index (χ1n) is 7.42. The van der Waals surface area contributed by atoms with Gasteiger partial charge in [-0.05, 0) is 29.7 Å². The zero-order valence-electron chi connectivity index (χ0n) is 13.6. The average Bonchev–Trinajstić information content (AvgIpc) is 2.94. The molecule has 2 rings (SSSR count). The molecule has 124 valence electrons. The summed E-state index contributed by atoms with van der Waals surface area (Å²) in [5.41, 5.74) is 1.06.